The van der Waals surface area contributed by atoms with Crippen molar-refractivity contribution in [1.29, 1.82) is 0 Å². The first kappa shape index (κ1) is 8.14. The number of benzene rings is 2. The summed E-state index contributed by atoms with van der Waals surface area (Å²) in [6.45, 7) is 0. The molecule has 70 valence electrons. The largest absolute Gasteiger partial charge is 0.354 e. The number of aromatic nitrogens is 1. The van der Waals surface area contributed by atoms with Gasteiger partial charge in [-0.2, -0.15) is 0 Å². The van der Waals surface area contributed by atoms with E-state index in [4.69, 9.17) is 6.42 Å². The minimum absolute atomic E-state index is 0.911. The fraction of sp³-hybridized carbons (Fsp3) is 0. The Labute approximate surface area is 87.7 Å². The van der Waals surface area contributed by atoms with Crippen molar-refractivity contribution in [3.8, 4) is 12.3 Å². The Morgan fingerprint density at radius 3 is 2.60 bits per heavy atom. The first-order valence-corrected chi connectivity index (χ1v) is 4.85. The van der Waals surface area contributed by atoms with E-state index in [0.29, 0.717) is 0 Å². The highest BCUT2D eigenvalue weighted by atomic mass is 14.7. The van der Waals surface area contributed by atoms with Crippen molar-refractivity contribution in [3.63, 3.8) is 0 Å². The molecule has 0 aliphatic rings. The van der Waals surface area contributed by atoms with Crippen LogP contribution in [-0.2, 0) is 0 Å². The highest BCUT2D eigenvalue weighted by molar-refractivity contribution is 6.07. The molecule has 0 atom stereocenters. The van der Waals surface area contributed by atoms with E-state index < -0.39 is 0 Å². The Morgan fingerprint density at radius 1 is 0.933 bits per heavy atom. The number of fused-ring (bicyclic) bond motifs is 3. The molecular weight excluding hydrogens is 182 g/mol. The summed E-state index contributed by atoms with van der Waals surface area (Å²) in [6, 6.07) is 14.3. The normalized spacial score (nSPS) is 10.6. The highest BCUT2D eigenvalue weighted by Gasteiger charge is 2.02. The molecule has 1 N–H and O–H groups in total. The van der Waals surface area contributed by atoms with Crippen LogP contribution in [0.3, 0.4) is 0 Å². The van der Waals surface area contributed by atoms with E-state index in [1.54, 1.807) is 0 Å². The number of hydrogen-bond acceptors (Lipinski definition) is 0. The van der Waals surface area contributed by atoms with Gasteiger partial charge in [-0.25, -0.2) is 0 Å². The Balaban J connectivity index is 2.50. The second-order valence-corrected chi connectivity index (χ2v) is 3.58. The summed E-state index contributed by atoms with van der Waals surface area (Å²) in [5, 5.41) is 2.47. The lowest BCUT2D eigenvalue weighted by Crippen LogP contribution is -1.72. The lowest BCUT2D eigenvalue weighted by Gasteiger charge is -1.91. The molecule has 0 saturated heterocycles. The Hall–Kier alpha value is -2.20. The van der Waals surface area contributed by atoms with Gasteiger partial charge in [-0.05, 0) is 18.2 Å². The van der Waals surface area contributed by atoms with Gasteiger partial charge in [0.1, 0.15) is 0 Å². The highest BCUT2D eigenvalue weighted by Crippen LogP contribution is 2.25. The van der Waals surface area contributed by atoms with Crippen molar-refractivity contribution < 1.29 is 0 Å². The zero-order chi connectivity index (χ0) is 10.3. The molecule has 0 radical (unpaired) electrons. The molecule has 0 fully saturated rings. The molecule has 3 aromatic rings. The van der Waals surface area contributed by atoms with Crippen LogP contribution in [0.15, 0.2) is 42.5 Å². The maximum atomic E-state index is 5.37. The molecule has 3 rings (SSSR count). The topological polar surface area (TPSA) is 15.8 Å². The third-order valence-electron chi connectivity index (χ3n) is 2.67. The average molecular weight is 191 g/mol. The van der Waals surface area contributed by atoms with E-state index in [-0.39, 0.29) is 0 Å². The smallest absolute Gasteiger partial charge is 0.0477 e. The summed E-state index contributed by atoms with van der Waals surface area (Å²) in [7, 11) is 0. The fourth-order valence-corrected chi connectivity index (χ4v) is 1.94. The molecule has 0 aliphatic heterocycles. The molecular formula is C14H9N. The van der Waals surface area contributed by atoms with Crippen molar-refractivity contribution in [2.75, 3.05) is 0 Å². The minimum Gasteiger partial charge on any atom is -0.354 e. The number of para-hydroxylation sites is 1. The predicted octanol–water partition coefficient (Wildman–Crippen LogP) is 3.30. The van der Waals surface area contributed by atoms with Crippen LogP contribution in [0.2, 0.25) is 0 Å². The Morgan fingerprint density at radius 2 is 1.73 bits per heavy atom. The van der Waals surface area contributed by atoms with Crippen LogP contribution in [0.25, 0.3) is 21.8 Å². The summed E-state index contributed by atoms with van der Waals surface area (Å²) < 4.78 is 0. The molecule has 0 unspecified atom stereocenters. The van der Waals surface area contributed by atoms with E-state index in [9.17, 15) is 0 Å². The van der Waals surface area contributed by atoms with Crippen LogP contribution >= 0.6 is 0 Å². The lowest BCUT2D eigenvalue weighted by atomic mass is 10.1. The lowest BCUT2D eigenvalue weighted by molar-refractivity contribution is 1.54. The second-order valence-electron chi connectivity index (χ2n) is 3.58. The number of terminal acetylenes is 1. The number of aromatic amines is 1. The third kappa shape index (κ3) is 1.12. The van der Waals surface area contributed by atoms with Gasteiger partial charge in [0.25, 0.3) is 0 Å². The van der Waals surface area contributed by atoms with Crippen molar-refractivity contribution in [3.05, 3.63) is 48.0 Å². The first-order chi connectivity index (χ1) is 7.38. The van der Waals surface area contributed by atoms with Gasteiger partial charge in [0, 0.05) is 27.4 Å². The van der Waals surface area contributed by atoms with Crippen LogP contribution in [0.1, 0.15) is 5.56 Å². The summed E-state index contributed by atoms with van der Waals surface area (Å²) in [4.78, 5) is 3.36. The molecule has 15 heavy (non-hydrogen) atoms. The quantitative estimate of drug-likeness (QED) is 0.525. The van der Waals surface area contributed by atoms with Crippen LogP contribution in [-0.4, -0.2) is 4.98 Å². The molecule has 1 heteroatoms. The van der Waals surface area contributed by atoms with Crippen LogP contribution in [0.5, 0.6) is 0 Å². The molecule has 0 bridgehead atoms. The van der Waals surface area contributed by atoms with Crippen molar-refractivity contribution in [2.24, 2.45) is 0 Å². The number of nitrogens with one attached hydrogen (secondary N) is 1. The fourth-order valence-electron chi connectivity index (χ4n) is 1.94. The molecule has 2 aromatic carbocycles. The van der Waals surface area contributed by atoms with Gasteiger partial charge in [0.2, 0.25) is 0 Å². The van der Waals surface area contributed by atoms with E-state index in [1.165, 1.54) is 10.8 Å². The molecule has 0 aliphatic carbocycles. The van der Waals surface area contributed by atoms with Crippen LogP contribution in [0.4, 0.5) is 0 Å². The molecule has 0 saturated carbocycles. The van der Waals surface area contributed by atoms with Gasteiger partial charge in [-0.1, -0.05) is 30.2 Å². The number of hydrogen-bond donors (Lipinski definition) is 1. The standard InChI is InChI=1S/C14H9N/c1-2-10-7-8-12-11-5-3-4-6-13(11)15-14(12)9-10/h1,3-9,15H. The van der Waals surface area contributed by atoms with Gasteiger partial charge in [0.05, 0.1) is 0 Å². The average Bonchev–Trinajstić information content (AvgIpc) is 2.66. The SMILES string of the molecule is C#Cc1ccc2c(c1)[nH]c1ccccc12. The molecule has 1 heterocycles. The number of rotatable bonds is 0. The summed E-state index contributed by atoms with van der Waals surface area (Å²) in [5.41, 5.74) is 3.17. The summed E-state index contributed by atoms with van der Waals surface area (Å²) >= 11 is 0. The van der Waals surface area contributed by atoms with E-state index in [2.05, 4.69) is 29.1 Å². The molecule has 0 spiro atoms. The van der Waals surface area contributed by atoms with Crippen molar-refractivity contribution in [1.82, 2.24) is 4.98 Å². The number of H-pyrrole nitrogens is 1. The maximum absolute atomic E-state index is 5.37. The van der Waals surface area contributed by atoms with Gasteiger partial charge >= 0.3 is 0 Å². The first-order valence-electron chi connectivity index (χ1n) is 4.85. The van der Waals surface area contributed by atoms with E-state index >= 15 is 0 Å². The molecule has 0 amide bonds. The van der Waals surface area contributed by atoms with Crippen LogP contribution in [0, 0.1) is 12.3 Å². The zero-order valence-corrected chi connectivity index (χ0v) is 8.12. The Bertz CT molecular complexity index is 683. The molecule has 1 aromatic heterocycles. The maximum Gasteiger partial charge on any atom is 0.0477 e. The van der Waals surface area contributed by atoms with Crippen LogP contribution < -0.4 is 0 Å². The van der Waals surface area contributed by atoms with Crippen molar-refractivity contribution in [2.45, 2.75) is 0 Å². The third-order valence-corrected chi connectivity index (χ3v) is 2.67. The monoisotopic (exact) mass is 191 g/mol. The van der Waals surface area contributed by atoms with Gasteiger partial charge < -0.3 is 4.98 Å². The summed E-state index contributed by atoms with van der Waals surface area (Å²) in [6.07, 6.45) is 5.37. The Kier molecular flexibility index (Phi) is 1.57. The summed E-state index contributed by atoms with van der Waals surface area (Å²) in [5.74, 6) is 2.64. The van der Waals surface area contributed by atoms with Gasteiger partial charge in [0.15, 0.2) is 0 Å². The second kappa shape index (κ2) is 2.90. The van der Waals surface area contributed by atoms with E-state index in [1.807, 2.05) is 24.3 Å². The van der Waals surface area contributed by atoms with Gasteiger partial charge in [-0.3, -0.25) is 0 Å². The zero-order valence-electron chi connectivity index (χ0n) is 8.12. The molecule has 1 nitrogen and oxygen atoms in total. The predicted molar refractivity (Wildman–Crippen MR) is 63.7 cm³/mol. The minimum atomic E-state index is 0.911. The van der Waals surface area contributed by atoms with Gasteiger partial charge in [-0.15, -0.1) is 6.42 Å². The van der Waals surface area contributed by atoms with Crippen molar-refractivity contribution >= 4 is 21.8 Å². The van der Waals surface area contributed by atoms with E-state index in [0.717, 1.165) is 16.6 Å².